The van der Waals surface area contributed by atoms with E-state index in [-0.39, 0.29) is 23.2 Å². The Hall–Kier alpha value is -3.12. The zero-order chi connectivity index (χ0) is 35.1. The molecule has 2 bridgehead atoms. The third-order valence-corrected chi connectivity index (χ3v) is 13.6. The fraction of sp³-hybridized carbons (Fsp3) is 0.579. The molecule has 50 heavy (non-hydrogen) atoms. The van der Waals surface area contributed by atoms with Gasteiger partial charge in [0.05, 0.1) is 36.3 Å². The summed E-state index contributed by atoms with van der Waals surface area (Å²) in [6, 6.07) is 11.0. The smallest absolute Gasteiger partial charge is 0.327 e. The lowest BCUT2D eigenvalue weighted by Gasteiger charge is -2.46. The summed E-state index contributed by atoms with van der Waals surface area (Å²) in [5.41, 5.74) is 2.94. The second-order valence-electron chi connectivity index (χ2n) is 15.2. The molecule has 2 heterocycles. The number of aryl methyl sites for hydroxylation is 1. The number of nitrogens with zero attached hydrogens (tertiary/aromatic N) is 2. The lowest BCUT2D eigenvalue weighted by molar-refractivity contribution is 0.0131. The van der Waals surface area contributed by atoms with E-state index in [0.717, 1.165) is 68.7 Å². The number of anilines is 1. The van der Waals surface area contributed by atoms with Crippen LogP contribution in [0, 0.1) is 17.8 Å². The second-order valence-corrected chi connectivity index (χ2v) is 17.7. The molecule has 270 valence electrons. The van der Waals surface area contributed by atoms with E-state index in [2.05, 4.69) is 43.6 Å². The van der Waals surface area contributed by atoms with Crippen molar-refractivity contribution < 1.29 is 28.0 Å². The lowest BCUT2D eigenvalue weighted by atomic mass is 9.68. The largest absolute Gasteiger partial charge is 0.490 e. The van der Waals surface area contributed by atoms with E-state index in [1.54, 1.807) is 20.3 Å². The van der Waals surface area contributed by atoms with E-state index in [4.69, 9.17) is 25.8 Å². The van der Waals surface area contributed by atoms with Gasteiger partial charge in [-0.2, -0.15) is 0 Å². The SMILES string of the molecule is COCC1(NC(=O)NS2(=O)=NC(=O)c3ccc4c(c3)N(C[C@@H]3CC[C@H]3[C@@H](OC)/C=C\C[C@H](C)C2)C[C@@]2(CCCc3cc(Cl)ccc32)CO4)CC1. The minimum absolute atomic E-state index is 0.0175. The molecule has 12 heteroatoms. The molecule has 10 nitrogen and oxygen atoms in total. The molecular formula is C38H49ClN4O6S. The maximum absolute atomic E-state index is 14.4. The van der Waals surface area contributed by atoms with Crippen molar-refractivity contribution in [2.24, 2.45) is 22.1 Å². The number of carbonyl (C=O) groups excluding carboxylic acids is 2. The van der Waals surface area contributed by atoms with Gasteiger partial charge in [-0.25, -0.2) is 9.00 Å². The summed E-state index contributed by atoms with van der Waals surface area (Å²) in [5.74, 6) is 0.695. The predicted octanol–water partition coefficient (Wildman–Crippen LogP) is 6.45. The summed E-state index contributed by atoms with van der Waals surface area (Å²) >= 11 is 6.45. The molecule has 5 aliphatic rings. The van der Waals surface area contributed by atoms with Crippen LogP contribution in [-0.4, -0.2) is 74.1 Å². The monoisotopic (exact) mass is 724 g/mol. The Balaban J connectivity index is 1.27. The van der Waals surface area contributed by atoms with Gasteiger partial charge in [-0.15, -0.1) is 4.36 Å². The van der Waals surface area contributed by atoms with E-state index in [9.17, 15) is 13.8 Å². The molecule has 3 aliphatic carbocycles. The van der Waals surface area contributed by atoms with Gasteiger partial charge in [-0.3, -0.25) is 9.52 Å². The normalized spacial score (nSPS) is 32.2. The van der Waals surface area contributed by atoms with Crippen LogP contribution in [0.1, 0.15) is 73.4 Å². The zero-order valence-corrected chi connectivity index (χ0v) is 30.8. The van der Waals surface area contributed by atoms with Gasteiger partial charge in [0.2, 0.25) is 0 Å². The summed E-state index contributed by atoms with van der Waals surface area (Å²) in [6.45, 7) is 4.33. The van der Waals surface area contributed by atoms with Gasteiger partial charge in [0.1, 0.15) is 15.7 Å². The standard InChI is InChI=1S/C38H49ClN4O6S/c1-25-6-4-8-33(48-3)30-12-9-28(30)20-43-22-37(15-5-7-26-18-29(39)11-13-31(26)37)23-49-34-14-10-27(19-32(34)43)35(44)41-50(46,21-25)42-36(45)40-38(16-17-38)24-47-2/h4,8,10-11,13-14,18-19,25,28,30,33H,5-7,9,12,15-17,20-24H2,1-3H3,(H2,40,41,42,44,45,46)/b8-4-/t25-,28-,30+,33-,37-,50?/m0/s1. The number of hydrogen-bond acceptors (Lipinski definition) is 7. The maximum Gasteiger partial charge on any atom is 0.327 e. The van der Waals surface area contributed by atoms with Crippen molar-refractivity contribution in [1.29, 1.82) is 0 Å². The third-order valence-electron chi connectivity index (χ3n) is 11.4. The molecule has 3 amide bonds. The van der Waals surface area contributed by atoms with Crippen molar-refractivity contribution >= 4 is 39.1 Å². The van der Waals surface area contributed by atoms with Gasteiger partial charge in [0.15, 0.2) is 0 Å². The number of nitrogens with one attached hydrogen (secondary N) is 2. The van der Waals surface area contributed by atoms with Crippen LogP contribution in [0.4, 0.5) is 10.5 Å². The van der Waals surface area contributed by atoms with Gasteiger partial charge in [-0.05, 0) is 111 Å². The highest BCUT2D eigenvalue weighted by Crippen LogP contribution is 2.47. The second kappa shape index (κ2) is 14.1. The maximum atomic E-state index is 14.4. The molecule has 0 saturated heterocycles. The Morgan fingerprint density at radius 2 is 2.00 bits per heavy atom. The number of rotatable bonds is 5. The predicted molar refractivity (Wildman–Crippen MR) is 195 cm³/mol. The van der Waals surface area contributed by atoms with E-state index >= 15 is 0 Å². The van der Waals surface area contributed by atoms with Crippen molar-refractivity contribution in [2.45, 2.75) is 75.3 Å². The number of fused-ring (bicyclic) bond motifs is 4. The lowest BCUT2D eigenvalue weighted by Crippen LogP contribution is -2.49. The van der Waals surface area contributed by atoms with Crippen molar-refractivity contribution in [3.05, 3.63) is 70.3 Å². The molecule has 1 spiro atoms. The van der Waals surface area contributed by atoms with E-state index in [0.29, 0.717) is 42.8 Å². The summed E-state index contributed by atoms with van der Waals surface area (Å²) in [5, 5.41) is 3.65. The Kier molecular flexibility index (Phi) is 9.97. The molecule has 2 aliphatic heterocycles. The number of halogens is 1. The number of benzene rings is 2. The summed E-state index contributed by atoms with van der Waals surface area (Å²) in [6.07, 6.45) is 11.5. The first-order valence-corrected chi connectivity index (χ1v) is 20.0. The molecule has 6 atom stereocenters. The Morgan fingerprint density at radius 1 is 1.16 bits per heavy atom. The molecule has 2 N–H and O–H groups in total. The quantitative estimate of drug-likeness (QED) is 0.341. The van der Waals surface area contributed by atoms with Crippen LogP contribution < -0.4 is 19.7 Å². The topological polar surface area (TPSA) is 119 Å². The number of amides is 3. The van der Waals surface area contributed by atoms with Crippen LogP contribution in [0.2, 0.25) is 5.02 Å². The highest BCUT2D eigenvalue weighted by atomic mass is 35.5. The molecular weight excluding hydrogens is 676 g/mol. The molecule has 2 fully saturated rings. The number of allylic oxidation sites excluding steroid dienone is 1. The summed E-state index contributed by atoms with van der Waals surface area (Å²) in [7, 11) is -0.149. The Labute approximate surface area is 300 Å². The highest BCUT2D eigenvalue weighted by molar-refractivity contribution is 7.92. The van der Waals surface area contributed by atoms with Crippen molar-refractivity contribution in [2.75, 3.05) is 51.2 Å². The summed E-state index contributed by atoms with van der Waals surface area (Å²) in [4.78, 5) is 29.5. The first-order valence-electron chi connectivity index (χ1n) is 17.9. The average Bonchev–Trinajstić information content (AvgIpc) is 3.84. The summed E-state index contributed by atoms with van der Waals surface area (Å²) < 4.78 is 39.3. The average molecular weight is 725 g/mol. The third kappa shape index (κ3) is 7.29. The minimum atomic E-state index is -3.50. The molecule has 2 aromatic rings. The van der Waals surface area contributed by atoms with Crippen LogP contribution >= 0.6 is 11.6 Å². The zero-order valence-electron chi connectivity index (χ0n) is 29.3. The van der Waals surface area contributed by atoms with Gasteiger partial charge in [-0.1, -0.05) is 36.7 Å². The fourth-order valence-electron chi connectivity index (χ4n) is 8.51. The van der Waals surface area contributed by atoms with Gasteiger partial charge in [0.25, 0.3) is 5.91 Å². The number of urea groups is 1. The molecule has 2 aromatic carbocycles. The van der Waals surface area contributed by atoms with E-state index in [1.807, 2.05) is 25.1 Å². The van der Waals surface area contributed by atoms with E-state index in [1.165, 1.54) is 11.1 Å². The van der Waals surface area contributed by atoms with Crippen molar-refractivity contribution in [1.82, 2.24) is 10.0 Å². The molecule has 7 rings (SSSR count). The molecule has 2 saturated carbocycles. The molecule has 1 unspecified atom stereocenters. The Morgan fingerprint density at radius 3 is 2.74 bits per heavy atom. The van der Waals surface area contributed by atoms with Crippen LogP contribution in [-0.2, 0) is 31.2 Å². The van der Waals surface area contributed by atoms with Gasteiger partial charge in [0, 0.05) is 43.3 Å². The van der Waals surface area contributed by atoms with Crippen LogP contribution in [0.3, 0.4) is 0 Å². The minimum Gasteiger partial charge on any atom is -0.490 e. The fourth-order valence-corrected chi connectivity index (χ4v) is 10.5. The first-order chi connectivity index (χ1) is 24.0. The number of hydrogen-bond donors (Lipinski definition) is 2. The number of ether oxygens (including phenoxy) is 3. The van der Waals surface area contributed by atoms with Crippen LogP contribution in [0.15, 0.2) is 52.9 Å². The highest BCUT2D eigenvalue weighted by Gasteiger charge is 2.46. The Bertz CT molecular complexity index is 1790. The molecule has 0 aromatic heterocycles. The van der Waals surface area contributed by atoms with E-state index < -0.39 is 27.4 Å². The first kappa shape index (κ1) is 35.3. The molecule has 0 radical (unpaired) electrons. The van der Waals surface area contributed by atoms with Gasteiger partial charge >= 0.3 is 6.03 Å². The van der Waals surface area contributed by atoms with Crippen LogP contribution in [0.25, 0.3) is 0 Å². The van der Waals surface area contributed by atoms with Gasteiger partial charge < -0.3 is 24.4 Å². The van der Waals surface area contributed by atoms with Crippen LogP contribution in [0.5, 0.6) is 5.75 Å². The van der Waals surface area contributed by atoms with Crippen molar-refractivity contribution in [3.8, 4) is 5.75 Å². The number of carbonyl (C=O) groups is 2. The number of methoxy groups -OCH3 is 2. The van der Waals surface area contributed by atoms with Crippen molar-refractivity contribution in [3.63, 3.8) is 0 Å².